The van der Waals surface area contributed by atoms with Gasteiger partial charge in [0.05, 0.1) is 22.0 Å². The highest BCUT2D eigenvalue weighted by Crippen LogP contribution is 2.25. The largest absolute Gasteiger partial charge is 0.449 e. The zero-order chi connectivity index (χ0) is 19.4. The molecule has 0 aliphatic heterocycles. The third kappa shape index (κ3) is 4.60. The number of halogens is 2. The van der Waals surface area contributed by atoms with Crippen LogP contribution in [0.15, 0.2) is 48.8 Å². The van der Waals surface area contributed by atoms with Crippen LogP contribution in [0.4, 0.5) is 5.69 Å². The number of carbonyl (C=O) groups excluding carboxylic acids is 2. The summed E-state index contributed by atoms with van der Waals surface area (Å²) in [6.07, 6.45) is 0.346. The van der Waals surface area contributed by atoms with Crippen LogP contribution >= 0.6 is 23.2 Å². The van der Waals surface area contributed by atoms with Crippen LogP contribution in [0.1, 0.15) is 17.3 Å². The molecular weight excluding hydrogens is 393 g/mol. The molecule has 10 heteroatoms. The van der Waals surface area contributed by atoms with Gasteiger partial charge in [-0.1, -0.05) is 29.3 Å². The van der Waals surface area contributed by atoms with Gasteiger partial charge in [0, 0.05) is 5.02 Å². The minimum absolute atomic E-state index is 0.253. The number of esters is 1. The molecule has 1 heterocycles. The van der Waals surface area contributed by atoms with Gasteiger partial charge in [-0.25, -0.2) is 9.48 Å². The van der Waals surface area contributed by atoms with E-state index in [9.17, 15) is 9.59 Å². The standard InChI is InChI=1S/C17H13Cl2N5O3/c1-10(16(25)21-15-8-12(18)5-6-14(15)19)27-17(26)11-3-2-4-13(7-11)24-9-20-22-23-24/h2-10H,1H3,(H,21,25). The first-order chi connectivity index (χ1) is 12.9. The van der Waals surface area contributed by atoms with Crippen LogP contribution < -0.4 is 5.32 Å². The fraction of sp³-hybridized carbons (Fsp3) is 0.118. The summed E-state index contributed by atoms with van der Waals surface area (Å²) in [7, 11) is 0. The zero-order valence-corrected chi connectivity index (χ0v) is 15.5. The highest BCUT2D eigenvalue weighted by Gasteiger charge is 2.20. The van der Waals surface area contributed by atoms with Crippen LogP contribution in [-0.4, -0.2) is 38.2 Å². The molecule has 0 aliphatic rings. The Morgan fingerprint density at radius 2 is 2.00 bits per heavy atom. The fourth-order valence-corrected chi connectivity index (χ4v) is 2.50. The number of nitrogens with zero attached hydrogens (tertiary/aromatic N) is 4. The number of carbonyl (C=O) groups is 2. The summed E-state index contributed by atoms with van der Waals surface area (Å²) in [4.78, 5) is 24.6. The Labute approximate surface area is 164 Å². The number of anilines is 1. The van der Waals surface area contributed by atoms with E-state index in [1.807, 2.05) is 0 Å². The quantitative estimate of drug-likeness (QED) is 0.654. The van der Waals surface area contributed by atoms with Crippen molar-refractivity contribution in [3.05, 3.63) is 64.4 Å². The predicted octanol–water partition coefficient (Wildman–Crippen LogP) is 3.15. The van der Waals surface area contributed by atoms with Crippen molar-refractivity contribution in [2.24, 2.45) is 0 Å². The van der Waals surface area contributed by atoms with Gasteiger partial charge in [-0.2, -0.15) is 0 Å². The van der Waals surface area contributed by atoms with Crippen molar-refractivity contribution in [3.8, 4) is 5.69 Å². The molecule has 1 amide bonds. The summed E-state index contributed by atoms with van der Waals surface area (Å²) in [6, 6.07) is 11.2. The van der Waals surface area contributed by atoms with Crippen molar-refractivity contribution in [1.29, 1.82) is 0 Å². The normalized spacial score (nSPS) is 11.7. The second-order valence-electron chi connectivity index (χ2n) is 5.47. The molecule has 1 aromatic heterocycles. The maximum absolute atomic E-state index is 12.3. The average molecular weight is 406 g/mol. The number of aromatic nitrogens is 4. The van der Waals surface area contributed by atoms with Crippen molar-refractivity contribution in [1.82, 2.24) is 20.2 Å². The highest BCUT2D eigenvalue weighted by atomic mass is 35.5. The Bertz CT molecular complexity index is 978. The van der Waals surface area contributed by atoms with Crippen LogP contribution in [0.25, 0.3) is 5.69 Å². The SMILES string of the molecule is CC(OC(=O)c1cccc(-n2cnnn2)c1)C(=O)Nc1cc(Cl)ccc1Cl. The van der Waals surface area contributed by atoms with Gasteiger partial charge in [0.25, 0.3) is 5.91 Å². The van der Waals surface area contributed by atoms with E-state index in [1.54, 1.807) is 36.4 Å². The van der Waals surface area contributed by atoms with Gasteiger partial charge in [-0.15, -0.1) is 5.10 Å². The number of nitrogens with one attached hydrogen (secondary N) is 1. The van der Waals surface area contributed by atoms with E-state index in [-0.39, 0.29) is 5.56 Å². The monoisotopic (exact) mass is 405 g/mol. The lowest BCUT2D eigenvalue weighted by Gasteiger charge is -2.14. The number of amides is 1. The Balaban J connectivity index is 1.67. The number of tetrazole rings is 1. The Morgan fingerprint density at radius 1 is 1.19 bits per heavy atom. The molecule has 0 radical (unpaired) electrons. The average Bonchev–Trinajstić information content (AvgIpc) is 3.19. The number of hydrogen-bond donors (Lipinski definition) is 1. The molecule has 3 rings (SSSR count). The maximum Gasteiger partial charge on any atom is 0.338 e. The van der Waals surface area contributed by atoms with Crippen molar-refractivity contribution in [3.63, 3.8) is 0 Å². The van der Waals surface area contributed by atoms with Gasteiger partial charge in [0.1, 0.15) is 6.33 Å². The third-order valence-corrected chi connectivity index (χ3v) is 4.10. The summed E-state index contributed by atoms with van der Waals surface area (Å²) >= 11 is 11.9. The first kappa shape index (κ1) is 18.8. The van der Waals surface area contributed by atoms with Gasteiger partial charge in [-0.05, 0) is 53.7 Å². The molecule has 0 aliphatic carbocycles. The van der Waals surface area contributed by atoms with Crippen molar-refractivity contribution < 1.29 is 14.3 Å². The topological polar surface area (TPSA) is 99.0 Å². The molecule has 0 fully saturated rings. The van der Waals surface area contributed by atoms with Crippen molar-refractivity contribution in [2.75, 3.05) is 5.32 Å². The number of benzene rings is 2. The van der Waals surface area contributed by atoms with Crippen LogP contribution in [0.3, 0.4) is 0 Å². The van der Waals surface area contributed by atoms with Crippen molar-refractivity contribution in [2.45, 2.75) is 13.0 Å². The molecule has 138 valence electrons. The van der Waals surface area contributed by atoms with Gasteiger partial charge >= 0.3 is 5.97 Å². The first-order valence-corrected chi connectivity index (χ1v) is 8.50. The third-order valence-electron chi connectivity index (χ3n) is 3.53. The minimum atomic E-state index is -1.05. The fourth-order valence-electron chi connectivity index (χ4n) is 2.16. The molecule has 1 atom stereocenters. The molecule has 0 saturated carbocycles. The Hall–Kier alpha value is -2.97. The van der Waals surface area contributed by atoms with Gasteiger partial charge in [-0.3, -0.25) is 4.79 Å². The maximum atomic E-state index is 12.3. The molecule has 8 nitrogen and oxygen atoms in total. The summed E-state index contributed by atoms with van der Waals surface area (Å²) in [5.74, 6) is -1.20. The highest BCUT2D eigenvalue weighted by molar-refractivity contribution is 6.35. The van der Waals surface area contributed by atoms with E-state index in [0.29, 0.717) is 21.4 Å². The van der Waals surface area contributed by atoms with E-state index in [4.69, 9.17) is 27.9 Å². The smallest absolute Gasteiger partial charge is 0.338 e. The van der Waals surface area contributed by atoms with Crippen molar-refractivity contribution >= 4 is 40.8 Å². The van der Waals surface area contributed by atoms with Crippen LogP contribution in [0, 0.1) is 0 Å². The molecule has 0 spiro atoms. The second kappa shape index (κ2) is 8.15. The lowest BCUT2D eigenvalue weighted by Crippen LogP contribution is -2.30. The molecule has 0 saturated heterocycles. The molecule has 3 aromatic rings. The number of hydrogen-bond acceptors (Lipinski definition) is 6. The lowest BCUT2D eigenvalue weighted by atomic mass is 10.2. The van der Waals surface area contributed by atoms with E-state index in [1.165, 1.54) is 24.0 Å². The van der Waals surface area contributed by atoms with Gasteiger partial charge in [0.2, 0.25) is 0 Å². The molecular formula is C17H13Cl2N5O3. The number of rotatable bonds is 5. The molecule has 0 bridgehead atoms. The van der Waals surface area contributed by atoms with Gasteiger partial charge in [0.15, 0.2) is 6.10 Å². The Morgan fingerprint density at radius 3 is 2.74 bits per heavy atom. The summed E-state index contributed by atoms with van der Waals surface area (Å²) in [6.45, 7) is 1.46. The summed E-state index contributed by atoms with van der Waals surface area (Å²) in [5.41, 5.74) is 1.17. The predicted molar refractivity (Wildman–Crippen MR) is 99.1 cm³/mol. The van der Waals surface area contributed by atoms with Crippen LogP contribution in [0.5, 0.6) is 0 Å². The summed E-state index contributed by atoms with van der Waals surface area (Å²) in [5, 5.41) is 14.1. The lowest BCUT2D eigenvalue weighted by molar-refractivity contribution is -0.123. The van der Waals surface area contributed by atoms with Crippen LogP contribution in [-0.2, 0) is 9.53 Å². The molecule has 1 N–H and O–H groups in total. The van der Waals surface area contributed by atoms with Gasteiger partial charge < -0.3 is 10.1 Å². The van der Waals surface area contributed by atoms with E-state index in [2.05, 4.69) is 20.8 Å². The van der Waals surface area contributed by atoms with Crippen LogP contribution in [0.2, 0.25) is 10.0 Å². The molecule has 2 aromatic carbocycles. The molecule has 27 heavy (non-hydrogen) atoms. The number of ether oxygens (including phenoxy) is 1. The van der Waals surface area contributed by atoms with E-state index in [0.717, 1.165) is 0 Å². The first-order valence-electron chi connectivity index (χ1n) is 7.74. The van der Waals surface area contributed by atoms with E-state index < -0.39 is 18.0 Å². The summed E-state index contributed by atoms with van der Waals surface area (Å²) < 4.78 is 6.62. The van der Waals surface area contributed by atoms with E-state index >= 15 is 0 Å². The zero-order valence-electron chi connectivity index (χ0n) is 14.0. The Kier molecular flexibility index (Phi) is 5.68. The second-order valence-corrected chi connectivity index (χ2v) is 6.31. The minimum Gasteiger partial charge on any atom is -0.449 e. The molecule has 1 unspecified atom stereocenters.